The monoisotopic (exact) mass is 189 g/mol. The fourth-order valence-corrected chi connectivity index (χ4v) is 1.21. The molecule has 13 heavy (non-hydrogen) atoms. The molecule has 0 aliphatic heterocycles. The second kappa shape index (κ2) is 6.71. The molecule has 0 aliphatic rings. The van der Waals surface area contributed by atoms with Crippen molar-refractivity contribution in [2.45, 2.75) is 39.2 Å². The molecule has 3 N–H and O–H groups in total. The van der Waals surface area contributed by atoms with E-state index in [1.807, 2.05) is 13.8 Å². The van der Waals surface area contributed by atoms with E-state index < -0.39 is 6.09 Å². The van der Waals surface area contributed by atoms with Gasteiger partial charge in [0.05, 0.1) is 0 Å². The minimum absolute atomic E-state index is 0.00375. The summed E-state index contributed by atoms with van der Waals surface area (Å²) in [5.41, 5.74) is 0. The van der Waals surface area contributed by atoms with Crippen LogP contribution >= 0.6 is 0 Å². The number of rotatable bonds is 6. The van der Waals surface area contributed by atoms with Crippen LogP contribution in [0, 0.1) is 5.92 Å². The topological polar surface area (TPSA) is 69.6 Å². The minimum atomic E-state index is -0.970. The maximum atomic E-state index is 10.4. The Morgan fingerprint density at radius 1 is 1.38 bits per heavy atom. The molecule has 1 amide bonds. The summed E-state index contributed by atoms with van der Waals surface area (Å²) >= 11 is 0. The highest BCUT2D eigenvalue weighted by atomic mass is 16.4. The molecule has 1 unspecified atom stereocenters. The second-order valence-corrected chi connectivity index (χ2v) is 3.52. The molecule has 78 valence electrons. The van der Waals surface area contributed by atoms with Crippen LogP contribution < -0.4 is 5.32 Å². The van der Waals surface area contributed by atoms with E-state index in [2.05, 4.69) is 5.32 Å². The van der Waals surface area contributed by atoms with E-state index in [9.17, 15) is 4.79 Å². The number of hydrogen-bond acceptors (Lipinski definition) is 2. The van der Waals surface area contributed by atoms with E-state index in [-0.39, 0.29) is 12.6 Å². The first kappa shape index (κ1) is 12.2. The Morgan fingerprint density at radius 3 is 2.38 bits per heavy atom. The molecule has 4 nitrogen and oxygen atoms in total. The number of aliphatic hydroxyl groups is 1. The zero-order valence-corrected chi connectivity index (χ0v) is 8.29. The van der Waals surface area contributed by atoms with Gasteiger partial charge in [0.1, 0.15) is 0 Å². The average molecular weight is 189 g/mol. The molecule has 0 saturated carbocycles. The standard InChI is InChI=1S/C9H19NO3/c1-7(2)8(10-9(12)13)5-3-4-6-11/h7-8,10-11H,3-6H2,1-2H3,(H,12,13). The Balaban J connectivity index is 3.74. The van der Waals surface area contributed by atoms with Crippen LogP contribution in [0.3, 0.4) is 0 Å². The normalized spacial score (nSPS) is 12.9. The molecular weight excluding hydrogens is 170 g/mol. The number of hydrogen-bond donors (Lipinski definition) is 3. The number of nitrogens with one attached hydrogen (secondary N) is 1. The van der Waals surface area contributed by atoms with Gasteiger partial charge in [0.2, 0.25) is 0 Å². The lowest BCUT2D eigenvalue weighted by Crippen LogP contribution is -2.37. The van der Waals surface area contributed by atoms with Crippen LogP contribution in [0.5, 0.6) is 0 Å². The molecule has 0 aromatic rings. The van der Waals surface area contributed by atoms with Gasteiger partial charge in [-0.2, -0.15) is 0 Å². The van der Waals surface area contributed by atoms with Crippen molar-refractivity contribution in [3.05, 3.63) is 0 Å². The molecule has 0 aliphatic carbocycles. The third-order valence-corrected chi connectivity index (χ3v) is 2.04. The number of carbonyl (C=O) groups is 1. The maximum Gasteiger partial charge on any atom is 0.404 e. The Morgan fingerprint density at radius 2 is 2.00 bits per heavy atom. The van der Waals surface area contributed by atoms with Crippen molar-refractivity contribution < 1.29 is 15.0 Å². The predicted molar refractivity (Wildman–Crippen MR) is 50.7 cm³/mol. The fourth-order valence-electron chi connectivity index (χ4n) is 1.21. The molecule has 0 fully saturated rings. The lowest BCUT2D eigenvalue weighted by atomic mass is 9.99. The van der Waals surface area contributed by atoms with Crippen LogP contribution in [-0.4, -0.2) is 29.0 Å². The van der Waals surface area contributed by atoms with Crippen molar-refractivity contribution in [2.75, 3.05) is 6.61 Å². The third-order valence-electron chi connectivity index (χ3n) is 2.04. The summed E-state index contributed by atoms with van der Waals surface area (Å²) in [6.45, 7) is 4.15. The molecule has 0 aromatic heterocycles. The highest BCUT2D eigenvalue weighted by Gasteiger charge is 2.14. The summed E-state index contributed by atoms with van der Waals surface area (Å²) in [5.74, 6) is 0.301. The van der Waals surface area contributed by atoms with Crippen LogP contribution in [-0.2, 0) is 0 Å². The van der Waals surface area contributed by atoms with Gasteiger partial charge in [0.25, 0.3) is 0 Å². The number of aliphatic hydroxyl groups excluding tert-OH is 1. The van der Waals surface area contributed by atoms with Crippen LogP contribution in [0.1, 0.15) is 33.1 Å². The van der Waals surface area contributed by atoms with Gasteiger partial charge in [0.15, 0.2) is 0 Å². The van der Waals surface area contributed by atoms with Crippen molar-refractivity contribution in [2.24, 2.45) is 5.92 Å². The van der Waals surface area contributed by atoms with Crippen molar-refractivity contribution in [3.63, 3.8) is 0 Å². The lowest BCUT2D eigenvalue weighted by molar-refractivity contribution is 0.183. The van der Waals surface area contributed by atoms with Crippen LogP contribution in [0.25, 0.3) is 0 Å². The van der Waals surface area contributed by atoms with Gasteiger partial charge in [-0.3, -0.25) is 0 Å². The maximum absolute atomic E-state index is 10.4. The molecule has 0 spiro atoms. The van der Waals surface area contributed by atoms with Gasteiger partial charge >= 0.3 is 6.09 Å². The molecule has 0 radical (unpaired) electrons. The molecule has 0 rings (SSSR count). The van der Waals surface area contributed by atoms with Crippen molar-refractivity contribution in [1.29, 1.82) is 0 Å². The largest absolute Gasteiger partial charge is 0.465 e. The van der Waals surface area contributed by atoms with E-state index in [1.54, 1.807) is 0 Å². The van der Waals surface area contributed by atoms with Gasteiger partial charge in [-0.25, -0.2) is 4.79 Å². The molecule has 0 heterocycles. The fraction of sp³-hybridized carbons (Fsp3) is 0.889. The zero-order valence-electron chi connectivity index (χ0n) is 8.29. The lowest BCUT2D eigenvalue weighted by Gasteiger charge is -2.20. The first-order valence-corrected chi connectivity index (χ1v) is 4.68. The number of unbranched alkanes of at least 4 members (excludes halogenated alkanes) is 1. The van der Waals surface area contributed by atoms with Crippen molar-refractivity contribution in [3.8, 4) is 0 Å². The smallest absolute Gasteiger partial charge is 0.404 e. The molecule has 4 heteroatoms. The number of carboxylic acid groups (broad SMARTS) is 1. The van der Waals surface area contributed by atoms with E-state index in [0.717, 1.165) is 19.3 Å². The molecular formula is C9H19NO3. The predicted octanol–water partition coefficient (Wildman–Crippen LogP) is 1.44. The second-order valence-electron chi connectivity index (χ2n) is 3.52. The first-order chi connectivity index (χ1) is 6.07. The SMILES string of the molecule is CC(C)C(CCCCO)NC(=O)O. The van der Waals surface area contributed by atoms with Gasteiger partial charge in [-0.05, 0) is 25.2 Å². The summed E-state index contributed by atoms with van der Waals surface area (Å²) < 4.78 is 0. The van der Waals surface area contributed by atoms with Crippen molar-refractivity contribution >= 4 is 6.09 Å². The van der Waals surface area contributed by atoms with Gasteiger partial charge in [0, 0.05) is 12.6 Å². The van der Waals surface area contributed by atoms with E-state index >= 15 is 0 Å². The van der Waals surface area contributed by atoms with E-state index in [0.29, 0.717) is 5.92 Å². The molecule has 0 aromatic carbocycles. The number of amides is 1. The van der Waals surface area contributed by atoms with E-state index in [1.165, 1.54) is 0 Å². The van der Waals surface area contributed by atoms with Crippen molar-refractivity contribution in [1.82, 2.24) is 5.32 Å². The Labute approximate surface area is 79.0 Å². The third kappa shape index (κ3) is 6.40. The highest BCUT2D eigenvalue weighted by Crippen LogP contribution is 2.09. The molecule has 0 saturated heterocycles. The van der Waals surface area contributed by atoms with Gasteiger partial charge in [-0.1, -0.05) is 13.8 Å². The summed E-state index contributed by atoms with van der Waals surface area (Å²) in [6, 6.07) is 0.00375. The zero-order chi connectivity index (χ0) is 10.3. The van der Waals surface area contributed by atoms with Crippen LogP contribution in [0.15, 0.2) is 0 Å². The Kier molecular flexibility index (Phi) is 6.32. The highest BCUT2D eigenvalue weighted by molar-refractivity contribution is 5.64. The van der Waals surface area contributed by atoms with Crippen LogP contribution in [0.4, 0.5) is 4.79 Å². The molecule has 1 atom stereocenters. The summed E-state index contributed by atoms with van der Waals surface area (Å²) in [7, 11) is 0. The quantitative estimate of drug-likeness (QED) is 0.554. The Hall–Kier alpha value is -0.770. The minimum Gasteiger partial charge on any atom is -0.465 e. The summed E-state index contributed by atoms with van der Waals surface area (Å²) in [5, 5.41) is 19.6. The van der Waals surface area contributed by atoms with Gasteiger partial charge in [-0.15, -0.1) is 0 Å². The Bertz CT molecular complexity index is 148. The average Bonchev–Trinajstić information content (AvgIpc) is 2.02. The first-order valence-electron chi connectivity index (χ1n) is 4.68. The van der Waals surface area contributed by atoms with E-state index in [4.69, 9.17) is 10.2 Å². The van der Waals surface area contributed by atoms with Gasteiger partial charge < -0.3 is 15.5 Å². The summed E-state index contributed by atoms with van der Waals surface area (Å²) in [4.78, 5) is 10.4. The summed E-state index contributed by atoms with van der Waals surface area (Å²) in [6.07, 6.45) is 1.43. The molecule has 0 bridgehead atoms. The van der Waals surface area contributed by atoms with Crippen LogP contribution in [0.2, 0.25) is 0 Å².